The van der Waals surface area contributed by atoms with Gasteiger partial charge in [0.1, 0.15) is 5.75 Å². The number of amides is 2. The van der Waals surface area contributed by atoms with Gasteiger partial charge in [0.05, 0.1) is 0 Å². The van der Waals surface area contributed by atoms with Crippen molar-refractivity contribution in [3.8, 4) is 5.75 Å². The monoisotopic (exact) mass is 298 g/mol. The van der Waals surface area contributed by atoms with Gasteiger partial charge in [0.25, 0.3) is 0 Å². The molecule has 0 aliphatic rings. The molecule has 0 radical (unpaired) electrons. The minimum Gasteiger partial charge on any atom is -0.508 e. The van der Waals surface area contributed by atoms with Gasteiger partial charge in [-0.25, -0.2) is 4.79 Å². The highest BCUT2D eigenvalue weighted by atomic mass is 16.3. The minimum absolute atomic E-state index is 0.00935. The van der Waals surface area contributed by atoms with E-state index in [2.05, 4.69) is 10.6 Å². The van der Waals surface area contributed by atoms with E-state index in [1.165, 1.54) is 6.92 Å². The first-order valence-corrected chi connectivity index (χ1v) is 6.98. The van der Waals surface area contributed by atoms with Crippen LogP contribution in [0.1, 0.15) is 22.8 Å². The fraction of sp³-hybridized carbons (Fsp3) is 0.176. The van der Waals surface area contributed by atoms with Crippen molar-refractivity contribution >= 4 is 17.5 Å². The Bertz CT molecular complexity index is 649. The predicted molar refractivity (Wildman–Crippen MR) is 85.3 cm³/mol. The van der Waals surface area contributed by atoms with Crippen LogP contribution in [0.15, 0.2) is 48.5 Å². The highest BCUT2D eigenvalue weighted by Crippen LogP contribution is 2.11. The van der Waals surface area contributed by atoms with E-state index in [4.69, 9.17) is 0 Å². The molecule has 0 bridgehead atoms. The number of ketones is 1. The molecule has 0 aliphatic carbocycles. The van der Waals surface area contributed by atoms with Crippen molar-refractivity contribution in [1.29, 1.82) is 0 Å². The quantitative estimate of drug-likeness (QED) is 0.743. The lowest BCUT2D eigenvalue weighted by Gasteiger charge is -2.08. The first-order chi connectivity index (χ1) is 10.5. The van der Waals surface area contributed by atoms with Crippen molar-refractivity contribution in [2.75, 3.05) is 11.9 Å². The van der Waals surface area contributed by atoms with Crippen LogP contribution < -0.4 is 10.6 Å². The number of hydrogen-bond donors (Lipinski definition) is 3. The molecule has 0 atom stereocenters. The molecule has 0 aliphatic heterocycles. The van der Waals surface area contributed by atoms with Gasteiger partial charge in [0, 0.05) is 17.8 Å². The molecule has 0 aromatic heterocycles. The minimum atomic E-state index is -0.297. The van der Waals surface area contributed by atoms with Crippen LogP contribution in [0, 0.1) is 0 Å². The van der Waals surface area contributed by atoms with Gasteiger partial charge in [0.2, 0.25) is 0 Å². The van der Waals surface area contributed by atoms with Crippen LogP contribution in [0.5, 0.6) is 5.75 Å². The second-order valence-corrected chi connectivity index (χ2v) is 4.93. The number of carbonyl (C=O) groups is 2. The van der Waals surface area contributed by atoms with Crippen molar-refractivity contribution < 1.29 is 14.7 Å². The van der Waals surface area contributed by atoms with E-state index in [0.29, 0.717) is 24.2 Å². The largest absolute Gasteiger partial charge is 0.508 e. The Balaban J connectivity index is 1.77. The summed E-state index contributed by atoms with van der Waals surface area (Å²) >= 11 is 0. The second kappa shape index (κ2) is 7.26. The molecule has 0 saturated carbocycles. The molecule has 2 aromatic rings. The third kappa shape index (κ3) is 4.63. The molecule has 5 nitrogen and oxygen atoms in total. The number of carbonyl (C=O) groups excluding carboxylic acids is 2. The molecular weight excluding hydrogens is 280 g/mol. The number of aromatic hydroxyl groups is 1. The van der Waals surface area contributed by atoms with Crippen molar-refractivity contribution in [3.63, 3.8) is 0 Å². The zero-order valence-electron chi connectivity index (χ0n) is 12.3. The van der Waals surface area contributed by atoms with Crippen molar-refractivity contribution in [2.45, 2.75) is 13.3 Å². The number of rotatable bonds is 5. The van der Waals surface area contributed by atoms with Gasteiger partial charge in [-0.3, -0.25) is 4.79 Å². The van der Waals surface area contributed by atoms with Crippen LogP contribution in [-0.2, 0) is 6.42 Å². The normalized spacial score (nSPS) is 10.0. The molecule has 0 heterocycles. The maximum Gasteiger partial charge on any atom is 0.319 e. The van der Waals surface area contributed by atoms with Crippen LogP contribution >= 0.6 is 0 Å². The predicted octanol–water partition coefficient (Wildman–Crippen LogP) is 2.96. The number of nitrogens with one attached hydrogen (secondary N) is 2. The Morgan fingerprint density at radius 3 is 2.23 bits per heavy atom. The summed E-state index contributed by atoms with van der Waals surface area (Å²) < 4.78 is 0. The number of Topliss-reactive ketones (excluding diaryl/α,β-unsaturated/α-hetero) is 1. The SMILES string of the molecule is CC(=O)c1ccc(NC(=O)NCCc2ccc(O)cc2)cc1. The van der Waals surface area contributed by atoms with Gasteiger partial charge in [0.15, 0.2) is 5.78 Å². The van der Waals surface area contributed by atoms with Crippen LogP contribution in [-0.4, -0.2) is 23.5 Å². The lowest BCUT2D eigenvalue weighted by atomic mass is 10.1. The number of hydrogen-bond acceptors (Lipinski definition) is 3. The average Bonchev–Trinajstić information content (AvgIpc) is 2.50. The molecule has 5 heteroatoms. The van der Waals surface area contributed by atoms with Crippen molar-refractivity contribution in [1.82, 2.24) is 5.32 Å². The van der Waals surface area contributed by atoms with E-state index >= 15 is 0 Å². The molecule has 114 valence electrons. The van der Waals surface area contributed by atoms with E-state index in [1.807, 2.05) is 12.1 Å². The number of urea groups is 1. The lowest BCUT2D eigenvalue weighted by molar-refractivity contribution is 0.101. The summed E-state index contributed by atoms with van der Waals surface area (Å²) in [5, 5.41) is 14.6. The number of phenolic OH excluding ortho intramolecular Hbond substituents is 1. The summed E-state index contributed by atoms with van der Waals surface area (Å²) in [5.74, 6) is 0.216. The second-order valence-electron chi connectivity index (χ2n) is 4.93. The summed E-state index contributed by atoms with van der Waals surface area (Å²) in [6.07, 6.45) is 0.678. The van der Waals surface area contributed by atoms with E-state index < -0.39 is 0 Å². The van der Waals surface area contributed by atoms with Gasteiger partial charge < -0.3 is 15.7 Å². The molecular formula is C17H18N2O3. The first kappa shape index (κ1) is 15.6. The third-order valence-corrected chi connectivity index (χ3v) is 3.18. The topological polar surface area (TPSA) is 78.4 Å². The van der Waals surface area contributed by atoms with Crippen LogP contribution in [0.3, 0.4) is 0 Å². The maximum atomic E-state index is 11.7. The average molecular weight is 298 g/mol. The van der Waals surface area contributed by atoms with Gasteiger partial charge in [-0.15, -0.1) is 0 Å². The van der Waals surface area contributed by atoms with Crippen LogP contribution in [0.2, 0.25) is 0 Å². The summed E-state index contributed by atoms with van der Waals surface area (Å²) in [4.78, 5) is 22.9. The Kier molecular flexibility index (Phi) is 5.14. The lowest BCUT2D eigenvalue weighted by Crippen LogP contribution is -2.30. The van der Waals surface area contributed by atoms with Crippen molar-refractivity contribution in [2.24, 2.45) is 0 Å². The summed E-state index contributed by atoms with van der Waals surface area (Å²) in [6.45, 7) is 1.99. The fourth-order valence-electron chi connectivity index (χ4n) is 1.95. The number of phenols is 1. The Labute approximate surface area is 129 Å². The standard InChI is InChI=1S/C17H18N2O3/c1-12(20)14-4-6-15(7-5-14)19-17(22)18-11-10-13-2-8-16(21)9-3-13/h2-9,21H,10-11H2,1H3,(H2,18,19,22). The molecule has 3 N–H and O–H groups in total. The molecule has 0 fully saturated rings. The molecule has 0 spiro atoms. The molecule has 2 rings (SSSR count). The molecule has 0 saturated heterocycles. The smallest absolute Gasteiger partial charge is 0.319 e. The Morgan fingerprint density at radius 1 is 1.00 bits per heavy atom. The van der Waals surface area contributed by atoms with E-state index in [1.54, 1.807) is 36.4 Å². The van der Waals surface area contributed by atoms with E-state index in [0.717, 1.165) is 5.56 Å². The fourth-order valence-corrected chi connectivity index (χ4v) is 1.95. The zero-order chi connectivity index (χ0) is 15.9. The highest BCUT2D eigenvalue weighted by Gasteiger charge is 2.03. The molecule has 0 unspecified atom stereocenters. The van der Waals surface area contributed by atoms with Crippen LogP contribution in [0.25, 0.3) is 0 Å². The highest BCUT2D eigenvalue weighted by molar-refractivity contribution is 5.95. The summed E-state index contributed by atoms with van der Waals surface area (Å²) in [6, 6.07) is 13.3. The van der Waals surface area contributed by atoms with E-state index in [-0.39, 0.29) is 17.6 Å². The van der Waals surface area contributed by atoms with Crippen molar-refractivity contribution in [3.05, 3.63) is 59.7 Å². The molecule has 2 aromatic carbocycles. The molecule has 2 amide bonds. The number of anilines is 1. The van der Waals surface area contributed by atoms with Gasteiger partial charge in [-0.05, 0) is 55.3 Å². The van der Waals surface area contributed by atoms with Gasteiger partial charge in [-0.1, -0.05) is 12.1 Å². The molecule has 22 heavy (non-hydrogen) atoms. The Hall–Kier alpha value is -2.82. The summed E-state index contributed by atoms with van der Waals surface area (Å²) in [7, 11) is 0. The van der Waals surface area contributed by atoms with E-state index in [9.17, 15) is 14.7 Å². The van der Waals surface area contributed by atoms with Gasteiger partial charge in [-0.2, -0.15) is 0 Å². The number of benzene rings is 2. The maximum absolute atomic E-state index is 11.7. The first-order valence-electron chi connectivity index (χ1n) is 6.98. The zero-order valence-corrected chi connectivity index (χ0v) is 12.3. The summed E-state index contributed by atoms with van der Waals surface area (Å²) in [5.41, 5.74) is 2.27. The van der Waals surface area contributed by atoms with Crippen LogP contribution in [0.4, 0.5) is 10.5 Å². The Morgan fingerprint density at radius 2 is 1.64 bits per heavy atom. The van der Waals surface area contributed by atoms with Gasteiger partial charge >= 0.3 is 6.03 Å². The third-order valence-electron chi connectivity index (χ3n) is 3.18.